The molecular formula is C10H16N6S. The van der Waals surface area contributed by atoms with Crippen molar-refractivity contribution in [2.75, 3.05) is 0 Å². The van der Waals surface area contributed by atoms with Crippen molar-refractivity contribution in [3.8, 4) is 0 Å². The fourth-order valence-corrected chi connectivity index (χ4v) is 2.10. The largest absolute Gasteiger partial charge is 0.322 e. The van der Waals surface area contributed by atoms with Gasteiger partial charge >= 0.3 is 0 Å². The Bertz CT molecular complexity index is 449. The zero-order chi connectivity index (χ0) is 12.3. The van der Waals surface area contributed by atoms with E-state index in [1.807, 2.05) is 10.1 Å². The van der Waals surface area contributed by atoms with E-state index < -0.39 is 0 Å². The van der Waals surface area contributed by atoms with Crippen LogP contribution in [0.4, 0.5) is 0 Å². The van der Waals surface area contributed by atoms with Crippen molar-refractivity contribution in [3.05, 3.63) is 23.2 Å². The third-order valence-electron chi connectivity index (χ3n) is 2.39. The highest BCUT2D eigenvalue weighted by atomic mass is 32.1. The van der Waals surface area contributed by atoms with Crippen molar-refractivity contribution in [1.29, 1.82) is 0 Å². The molecule has 0 saturated carbocycles. The highest BCUT2D eigenvalue weighted by molar-refractivity contribution is 7.03. The molecule has 2 rings (SSSR count). The van der Waals surface area contributed by atoms with Crippen molar-refractivity contribution in [3.63, 3.8) is 0 Å². The first kappa shape index (κ1) is 12.1. The van der Waals surface area contributed by atoms with Gasteiger partial charge < -0.3 is 5.73 Å². The summed E-state index contributed by atoms with van der Waals surface area (Å²) in [5, 5.41) is 10.0. The van der Waals surface area contributed by atoms with E-state index in [-0.39, 0.29) is 6.04 Å². The van der Waals surface area contributed by atoms with Gasteiger partial charge in [-0.1, -0.05) is 18.3 Å². The molecule has 2 heterocycles. The molecule has 1 atom stereocenters. The van der Waals surface area contributed by atoms with Crippen LogP contribution in [0.3, 0.4) is 0 Å². The molecule has 1 unspecified atom stereocenters. The third-order valence-corrected chi connectivity index (χ3v) is 2.92. The molecule has 0 aromatic carbocycles. The van der Waals surface area contributed by atoms with E-state index in [1.54, 1.807) is 6.33 Å². The van der Waals surface area contributed by atoms with Gasteiger partial charge in [0.15, 0.2) is 0 Å². The number of nitrogens with zero attached hydrogens (tertiary/aromatic N) is 5. The van der Waals surface area contributed by atoms with Gasteiger partial charge in [0, 0.05) is 18.3 Å². The lowest BCUT2D eigenvalue weighted by molar-refractivity contribution is 0.458. The molecular weight excluding hydrogens is 236 g/mol. The first-order valence-corrected chi connectivity index (χ1v) is 6.39. The van der Waals surface area contributed by atoms with Crippen LogP contribution in [0.15, 0.2) is 11.7 Å². The molecule has 0 amide bonds. The summed E-state index contributed by atoms with van der Waals surface area (Å²) in [4.78, 5) is 4.25. The minimum atomic E-state index is -0.163. The molecule has 92 valence electrons. The second kappa shape index (κ2) is 5.33. The molecule has 0 spiro atoms. The van der Waals surface area contributed by atoms with E-state index in [9.17, 15) is 0 Å². The molecule has 0 bridgehead atoms. The van der Waals surface area contributed by atoms with E-state index in [0.717, 1.165) is 18.1 Å². The monoisotopic (exact) mass is 252 g/mol. The number of aromatic nitrogens is 5. The SMILES string of the molecule is CC(C)Cn1ncnc1CC(N)c1csnn1. The summed E-state index contributed by atoms with van der Waals surface area (Å²) in [5.41, 5.74) is 6.87. The van der Waals surface area contributed by atoms with Gasteiger partial charge in [-0.2, -0.15) is 5.10 Å². The van der Waals surface area contributed by atoms with Crippen LogP contribution < -0.4 is 5.73 Å². The summed E-state index contributed by atoms with van der Waals surface area (Å²) in [7, 11) is 0. The summed E-state index contributed by atoms with van der Waals surface area (Å²) in [5.74, 6) is 1.44. The molecule has 0 aliphatic heterocycles. The Morgan fingerprint density at radius 3 is 2.94 bits per heavy atom. The van der Waals surface area contributed by atoms with Gasteiger partial charge in [0.25, 0.3) is 0 Å². The van der Waals surface area contributed by atoms with Crippen molar-refractivity contribution in [1.82, 2.24) is 24.4 Å². The fraction of sp³-hybridized carbons (Fsp3) is 0.600. The van der Waals surface area contributed by atoms with Crippen molar-refractivity contribution in [2.24, 2.45) is 11.7 Å². The van der Waals surface area contributed by atoms with E-state index in [0.29, 0.717) is 12.3 Å². The maximum absolute atomic E-state index is 6.05. The maximum atomic E-state index is 6.05. The molecule has 2 aromatic heterocycles. The van der Waals surface area contributed by atoms with Crippen LogP contribution in [-0.2, 0) is 13.0 Å². The molecule has 0 radical (unpaired) electrons. The molecule has 6 nitrogen and oxygen atoms in total. The van der Waals surface area contributed by atoms with Gasteiger partial charge in [0.05, 0.1) is 11.7 Å². The lowest BCUT2D eigenvalue weighted by Crippen LogP contribution is -2.18. The van der Waals surface area contributed by atoms with Crippen LogP contribution in [-0.4, -0.2) is 24.4 Å². The Labute approximate surface area is 104 Å². The van der Waals surface area contributed by atoms with E-state index >= 15 is 0 Å². The Hall–Kier alpha value is -1.34. The van der Waals surface area contributed by atoms with Crippen LogP contribution >= 0.6 is 11.5 Å². The first-order chi connectivity index (χ1) is 8.16. The van der Waals surface area contributed by atoms with Gasteiger partial charge in [0.2, 0.25) is 0 Å². The van der Waals surface area contributed by atoms with Crippen LogP contribution in [0.5, 0.6) is 0 Å². The number of hydrogen-bond donors (Lipinski definition) is 1. The van der Waals surface area contributed by atoms with E-state index in [4.69, 9.17) is 5.73 Å². The molecule has 0 fully saturated rings. The average Bonchev–Trinajstić information content (AvgIpc) is 2.89. The predicted octanol–water partition coefficient (Wildman–Crippen LogP) is 1.03. The van der Waals surface area contributed by atoms with Crippen LogP contribution in [0, 0.1) is 5.92 Å². The van der Waals surface area contributed by atoms with Gasteiger partial charge in [-0.25, -0.2) is 9.67 Å². The molecule has 2 aromatic rings. The molecule has 0 saturated heterocycles. The van der Waals surface area contributed by atoms with Crippen molar-refractivity contribution < 1.29 is 0 Å². The van der Waals surface area contributed by atoms with Crippen molar-refractivity contribution in [2.45, 2.75) is 32.9 Å². The Balaban J connectivity index is 2.06. The molecule has 2 N–H and O–H groups in total. The summed E-state index contributed by atoms with van der Waals surface area (Å²) in [6.07, 6.45) is 2.21. The Morgan fingerprint density at radius 1 is 1.47 bits per heavy atom. The highest BCUT2D eigenvalue weighted by Gasteiger charge is 2.14. The standard InChI is InChI=1S/C10H16N6S/c1-7(2)4-16-10(12-6-13-16)3-8(11)9-5-17-15-14-9/h5-8H,3-4,11H2,1-2H3. The number of rotatable bonds is 5. The summed E-state index contributed by atoms with van der Waals surface area (Å²) in [6, 6.07) is -0.163. The minimum Gasteiger partial charge on any atom is -0.322 e. The lowest BCUT2D eigenvalue weighted by atomic mass is 10.1. The Morgan fingerprint density at radius 2 is 2.29 bits per heavy atom. The zero-order valence-corrected chi connectivity index (χ0v) is 10.8. The first-order valence-electron chi connectivity index (χ1n) is 5.56. The minimum absolute atomic E-state index is 0.163. The van der Waals surface area contributed by atoms with Crippen LogP contribution in [0.2, 0.25) is 0 Å². The van der Waals surface area contributed by atoms with E-state index in [1.165, 1.54) is 11.5 Å². The van der Waals surface area contributed by atoms with Gasteiger partial charge in [-0.3, -0.25) is 0 Å². The summed E-state index contributed by atoms with van der Waals surface area (Å²) >= 11 is 1.31. The van der Waals surface area contributed by atoms with Gasteiger partial charge in [-0.15, -0.1) is 5.10 Å². The lowest BCUT2D eigenvalue weighted by Gasteiger charge is -2.11. The maximum Gasteiger partial charge on any atom is 0.138 e. The summed E-state index contributed by atoms with van der Waals surface area (Å²) < 4.78 is 5.72. The fourth-order valence-electron chi connectivity index (χ4n) is 1.58. The van der Waals surface area contributed by atoms with Gasteiger partial charge in [-0.05, 0) is 17.5 Å². The van der Waals surface area contributed by atoms with E-state index in [2.05, 4.69) is 33.5 Å². The molecule has 17 heavy (non-hydrogen) atoms. The summed E-state index contributed by atoms with van der Waals surface area (Å²) in [6.45, 7) is 5.16. The normalized spacial score (nSPS) is 13.2. The second-order valence-corrected chi connectivity index (χ2v) is 5.00. The number of hydrogen-bond acceptors (Lipinski definition) is 6. The topological polar surface area (TPSA) is 82.5 Å². The highest BCUT2D eigenvalue weighted by Crippen LogP contribution is 2.13. The molecule has 7 heteroatoms. The average molecular weight is 252 g/mol. The van der Waals surface area contributed by atoms with Crippen LogP contribution in [0.25, 0.3) is 0 Å². The molecule has 0 aliphatic carbocycles. The predicted molar refractivity (Wildman–Crippen MR) is 65.4 cm³/mol. The zero-order valence-electron chi connectivity index (χ0n) is 9.95. The number of nitrogens with two attached hydrogens (primary N) is 1. The molecule has 0 aliphatic rings. The van der Waals surface area contributed by atoms with Gasteiger partial charge in [0.1, 0.15) is 12.2 Å². The smallest absolute Gasteiger partial charge is 0.138 e. The quantitative estimate of drug-likeness (QED) is 0.859. The third kappa shape index (κ3) is 3.07. The van der Waals surface area contributed by atoms with Crippen LogP contribution in [0.1, 0.15) is 31.4 Å². The van der Waals surface area contributed by atoms with Crippen molar-refractivity contribution >= 4 is 11.5 Å². The Kier molecular flexibility index (Phi) is 3.80. The second-order valence-electron chi connectivity index (χ2n) is 4.39.